The summed E-state index contributed by atoms with van der Waals surface area (Å²) in [5.74, 6) is -0.280. The largest absolute Gasteiger partial charge is 0.348 e. The van der Waals surface area contributed by atoms with Crippen molar-refractivity contribution < 1.29 is 4.79 Å². The molecule has 0 aliphatic heterocycles. The van der Waals surface area contributed by atoms with Crippen molar-refractivity contribution >= 4 is 16.8 Å². The molecule has 1 atom stereocenters. The van der Waals surface area contributed by atoms with Gasteiger partial charge in [0, 0.05) is 0 Å². The number of amides is 1. The molecule has 1 N–H and O–H groups in total. The van der Waals surface area contributed by atoms with Gasteiger partial charge < -0.3 is 5.32 Å². The number of nitrogens with one attached hydrogen (secondary N) is 1. The van der Waals surface area contributed by atoms with Gasteiger partial charge in [-0.2, -0.15) is 0 Å². The Kier molecular flexibility index (Phi) is 4.61. The lowest BCUT2D eigenvalue weighted by molar-refractivity contribution is -0.122. The van der Waals surface area contributed by atoms with Crippen molar-refractivity contribution in [1.82, 2.24) is 20.3 Å². The number of nitrogens with zero attached hydrogens (tertiary/aromatic N) is 3. The van der Waals surface area contributed by atoms with Crippen molar-refractivity contribution in [3.05, 3.63) is 69.5 Å². The van der Waals surface area contributed by atoms with E-state index in [1.54, 1.807) is 24.3 Å². The fourth-order valence-corrected chi connectivity index (χ4v) is 2.67. The van der Waals surface area contributed by atoms with E-state index in [0.717, 1.165) is 10.2 Å². The molecule has 0 bridgehead atoms. The van der Waals surface area contributed by atoms with Crippen LogP contribution in [0.5, 0.6) is 0 Å². The van der Waals surface area contributed by atoms with E-state index in [-0.39, 0.29) is 24.1 Å². The third-order valence-electron chi connectivity index (χ3n) is 4.33. The van der Waals surface area contributed by atoms with E-state index in [4.69, 9.17) is 0 Å². The first-order valence-electron chi connectivity index (χ1n) is 8.15. The molecule has 6 nitrogen and oxygen atoms in total. The van der Waals surface area contributed by atoms with Crippen LogP contribution in [0.4, 0.5) is 0 Å². The third kappa shape index (κ3) is 3.57. The summed E-state index contributed by atoms with van der Waals surface area (Å²) < 4.78 is 1.09. The number of aromatic nitrogens is 3. The Labute approximate surface area is 145 Å². The highest BCUT2D eigenvalue weighted by atomic mass is 16.2. The number of fused-ring (bicyclic) bond motifs is 1. The second-order valence-electron chi connectivity index (χ2n) is 6.20. The van der Waals surface area contributed by atoms with Gasteiger partial charge in [0.15, 0.2) is 0 Å². The van der Waals surface area contributed by atoms with Gasteiger partial charge >= 0.3 is 0 Å². The van der Waals surface area contributed by atoms with Gasteiger partial charge in [-0.05, 0) is 49.6 Å². The van der Waals surface area contributed by atoms with E-state index in [1.807, 2.05) is 32.9 Å². The fraction of sp³-hybridized carbons (Fsp3) is 0.263. The smallest absolute Gasteiger partial charge is 0.278 e. The van der Waals surface area contributed by atoms with Gasteiger partial charge in [-0.25, -0.2) is 4.68 Å². The van der Waals surface area contributed by atoms with Crippen LogP contribution in [-0.2, 0) is 11.3 Å². The Morgan fingerprint density at radius 2 is 1.92 bits per heavy atom. The zero-order valence-electron chi connectivity index (χ0n) is 14.5. The molecule has 6 heteroatoms. The summed E-state index contributed by atoms with van der Waals surface area (Å²) in [7, 11) is 0. The van der Waals surface area contributed by atoms with Crippen molar-refractivity contribution in [1.29, 1.82) is 0 Å². The maximum atomic E-state index is 12.4. The first kappa shape index (κ1) is 16.8. The van der Waals surface area contributed by atoms with Gasteiger partial charge in [0.2, 0.25) is 5.91 Å². The van der Waals surface area contributed by atoms with Gasteiger partial charge in [-0.15, -0.1) is 5.10 Å². The SMILES string of the molecule is Cc1ccc([C@H](C)NC(=O)Cn2nnc3ccccc3c2=O)cc1C. The lowest BCUT2D eigenvalue weighted by Gasteiger charge is -2.16. The standard InChI is InChI=1S/C19H20N4O2/c1-12-8-9-15(10-13(12)2)14(3)20-18(24)11-23-19(25)16-6-4-5-7-17(16)21-22-23/h4-10,14H,11H2,1-3H3,(H,20,24)/t14-/m0/s1. The molecular formula is C19H20N4O2. The van der Waals surface area contributed by atoms with Crippen LogP contribution in [0.15, 0.2) is 47.3 Å². The lowest BCUT2D eigenvalue weighted by atomic mass is 10.0. The van der Waals surface area contributed by atoms with Crippen molar-refractivity contribution in [3.63, 3.8) is 0 Å². The van der Waals surface area contributed by atoms with Crippen LogP contribution in [0, 0.1) is 13.8 Å². The molecule has 0 saturated carbocycles. The van der Waals surface area contributed by atoms with Crippen LogP contribution in [0.25, 0.3) is 10.9 Å². The fourth-order valence-electron chi connectivity index (χ4n) is 2.67. The number of benzene rings is 2. The molecule has 1 amide bonds. The number of aryl methyl sites for hydroxylation is 2. The van der Waals surface area contributed by atoms with E-state index in [2.05, 4.69) is 21.7 Å². The van der Waals surface area contributed by atoms with Crippen molar-refractivity contribution in [3.8, 4) is 0 Å². The highest BCUT2D eigenvalue weighted by Crippen LogP contribution is 2.16. The molecule has 2 aromatic carbocycles. The molecule has 0 spiro atoms. The summed E-state index contributed by atoms with van der Waals surface area (Å²) in [5, 5.41) is 11.2. The molecular weight excluding hydrogens is 316 g/mol. The minimum atomic E-state index is -0.320. The highest BCUT2D eigenvalue weighted by Gasteiger charge is 2.13. The van der Waals surface area contributed by atoms with Gasteiger partial charge in [0.25, 0.3) is 5.56 Å². The molecule has 0 unspecified atom stereocenters. The molecule has 0 saturated heterocycles. The zero-order chi connectivity index (χ0) is 18.0. The molecule has 25 heavy (non-hydrogen) atoms. The Balaban J connectivity index is 1.75. The Hall–Kier alpha value is -3.02. The number of carbonyl (C=O) groups excluding carboxylic acids is 1. The second-order valence-corrected chi connectivity index (χ2v) is 6.20. The van der Waals surface area contributed by atoms with Crippen molar-refractivity contribution in [2.24, 2.45) is 0 Å². The molecule has 1 aromatic heterocycles. The van der Waals surface area contributed by atoms with Crippen LogP contribution in [0.2, 0.25) is 0 Å². The van der Waals surface area contributed by atoms with Gasteiger partial charge in [0.05, 0.1) is 11.4 Å². The average Bonchev–Trinajstić information content (AvgIpc) is 2.60. The van der Waals surface area contributed by atoms with E-state index in [9.17, 15) is 9.59 Å². The first-order chi connectivity index (χ1) is 12.0. The summed E-state index contributed by atoms with van der Waals surface area (Å²) >= 11 is 0. The summed E-state index contributed by atoms with van der Waals surface area (Å²) in [6, 6.07) is 12.9. The number of carbonyl (C=O) groups is 1. The minimum Gasteiger partial charge on any atom is -0.348 e. The quantitative estimate of drug-likeness (QED) is 0.793. The number of hydrogen-bond acceptors (Lipinski definition) is 4. The van der Waals surface area contributed by atoms with Crippen LogP contribution in [0.3, 0.4) is 0 Å². The first-order valence-corrected chi connectivity index (χ1v) is 8.15. The van der Waals surface area contributed by atoms with E-state index >= 15 is 0 Å². The number of rotatable bonds is 4. The summed E-state index contributed by atoms with van der Waals surface area (Å²) in [6.07, 6.45) is 0. The topological polar surface area (TPSA) is 76.9 Å². The van der Waals surface area contributed by atoms with Crippen LogP contribution >= 0.6 is 0 Å². The maximum Gasteiger partial charge on any atom is 0.278 e. The van der Waals surface area contributed by atoms with Gasteiger partial charge in [-0.3, -0.25) is 9.59 Å². The summed E-state index contributed by atoms with van der Waals surface area (Å²) in [5.41, 5.74) is 3.61. The van der Waals surface area contributed by atoms with E-state index < -0.39 is 0 Å². The third-order valence-corrected chi connectivity index (χ3v) is 4.33. The Morgan fingerprint density at radius 3 is 2.68 bits per heavy atom. The Bertz CT molecular complexity index is 994. The zero-order valence-corrected chi connectivity index (χ0v) is 14.5. The lowest BCUT2D eigenvalue weighted by Crippen LogP contribution is -2.35. The van der Waals surface area contributed by atoms with E-state index in [1.165, 1.54) is 11.1 Å². The highest BCUT2D eigenvalue weighted by molar-refractivity contribution is 5.78. The average molecular weight is 336 g/mol. The normalized spacial score (nSPS) is 12.1. The predicted octanol–water partition coefficient (Wildman–Crippen LogP) is 2.29. The molecule has 3 rings (SSSR count). The van der Waals surface area contributed by atoms with E-state index in [0.29, 0.717) is 10.9 Å². The molecule has 0 fully saturated rings. The van der Waals surface area contributed by atoms with Gasteiger partial charge in [-0.1, -0.05) is 35.5 Å². The molecule has 0 aliphatic carbocycles. The molecule has 3 aromatic rings. The maximum absolute atomic E-state index is 12.4. The molecule has 0 aliphatic rings. The monoisotopic (exact) mass is 336 g/mol. The predicted molar refractivity (Wildman–Crippen MR) is 96.3 cm³/mol. The minimum absolute atomic E-state index is 0.157. The molecule has 128 valence electrons. The van der Waals surface area contributed by atoms with Crippen LogP contribution in [0.1, 0.15) is 29.7 Å². The van der Waals surface area contributed by atoms with Crippen LogP contribution in [-0.4, -0.2) is 20.9 Å². The Morgan fingerprint density at radius 1 is 1.16 bits per heavy atom. The summed E-state index contributed by atoms with van der Waals surface area (Å²) in [6.45, 7) is 5.84. The second kappa shape index (κ2) is 6.84. The van der Waals surface area contributed by atoms with Crippen molar-refractivity contribution in [2.75, 3.05) is 0 Å². The van der Waals surface area contributed by atoms with Crippen molar-refractivity contribution in [2.45, 2.75) is 33.4 Å². The number of hydrogen-bond donors (Lipinski definition) is 1. The molecule has 1 heterocycles. The van der Waals surface area contributed by atoms with Gasteiger partial charge in [0.1, 0.15) is 12.1 Å². The van der Waals surface area contributed by atoms with Crippen LogP contribution < -0.4 is 10.9 Å². The summed E-state index contributed by atoms with van der Waals surface area (Å²) in [4.78, 5) is 24.7. The molecule has 0 radical (unpaired) electrons.